The van der Waals surface area contributed by atoms with Crippen molar-refractivity contribution in [1.29, 1.82) is 5.26 Å². The average molecular weight is 286 g/mol. The van der Waals surface area contributed by atoms with Crippen LogP contribution in [-0.4, -0.2) is 14.5 Å². The predicted molar refractivity (Wildman–Crippen MR) is 77.3 cm³/mol. The lowest BCUT2D eigenvalue weighted by molar-refractivity contribution is 0.577. The zero-order valence-electron chi connectivity index (χ0n) is 10.9. The van der Waals surface area contributed by atoms with Crippen molar-refractivity contribution in [3.63, 3.8) is 0 Å². The maximum Gasteiger partial charge on any atom is 0.242 e. The number of benzene rings is 2. The standard InChI is InChI=1S/C15H14N2O2S/c1-12(11-16)17-20(18,19)15-10-6-5-9-14(15)13-7-3-2-4-8-13/h2-10,12,17H,1H3. The second kappa shape index (κ2) is 5.87. The molecule has 1 atom stereocenters. The molecular weight excluding hydrogens is 272 g/mol. The van der Waals surface area contributed by atoms with Gasteiger partial charge in [0.25, 0.3) is 0 Å². The second-order valence-corrected chi connectivity index (χ2v) is 6.02. The van der Waals surface area contributed by atoms with Crippen LogP contribution in [0.15, 0.2) is 59.5 Å². The van der Waals surface area contributed by atoms with Gasteiger partial charge in [-0.15, -0.1) is 0 Å². The Morgan fingerprint density at radius 2 is 1.65 bits per heavy atom. The van der Waals surface area contributed by atoms with Crippen LogP contribution in [0.1, 0.15) is 6.92 Å². The van der Waals surface area contributed by atoms with Gasteiger partial charge in [-0.1, -0.05) is 48.5 Å². The molecule has 102 valence electrons. The Bertz CT molecular complexity index is 734. The van der Waals surface area contributed by atoms with Crippen molar-refractivity contribution in [2.75, 3.05) is 0 Å². The van der Waals surface area contributed by atoms with Crippen molar-refractivity contribution >= 4 is 10.0 Å². The molecule has 4 nitrogen and oxygen atoms in total. The van der Waals surface area contributed by atoms with E-state index in [0.717, 1.165) is 5.56 Å². The van der Waals surface area contributed by atoms with E-state index in [1.54, 1.807) is 18.2 Å². The topological polar surface area (TPSA) is 70.0 Å². The quantitative estimate of drug-likeness (QED) is 0.939. The number of nitrogens with one attached hydrogen (secondary N) is 1. The summed E-state index contributed by atoms with van der Waals surface area (Å²) in [6, 6.07) is 17.1. The van der Waals surface area contributed by atoms with E-state index in [9.17, 15) is 8.42 Å². The SMILES string of the molecule is CC(C#N)NS(=O)(=O)c1ccccc1-c1ccccc1. The summed E-state index contributed by atoms with van der Waals surface area (Å²) in [4.78, 5) is 0.174. The summed E-state index contributed by atoms with van der Waals surface area (Å²) in [6.45, 7) is 1.50. The van der Waals surface area contributed by atoms with E-state index in [-0.39, 0.29) is 4.90 Å². The second-order valence-electron chi connectivity index (χ2n) is 4.33. The van der Waals surface area contributed by atoms with Gasteiger partial charge in [-0.05, 0) is 18.6 Å². The highest BCUT2D eigenvalue weighted by atomic mass is 32.2. The minimum atomic E-state index is -3.72. The maximum absolute atomic E-state index is 12.3. The highest BCUT2D eigenvalue weighted by Crippen LogP contribution is 2.26. The summed E-state index contributed by atoms with van der Waals surface area (Å²) in [5.74, 6) is 0. The lowest BCUT2D eigenvalue weighted by atomic mass is 10.1. The molecule has 0 aromatic heterocycles. The molecule has 0 aliphatic heterocycles. The summed E-state index contributed by atoms with van der Waals surface area (Å²) in [5, 5.41) is 8.75. The van der Waals surface area contributed by atoms with Crippen molar-refractivity contribution in [2.24, 2.45) is 0 Å². The van der Waals surface area contributed by atoms with Gasteiger partial charge in [0.05, 0.1) is 11.0 Å². The van der Waals surface area contributed by atoms with Crippen molar-refractivity contribution in [1.82, 2.24) is 4.72 Å². The molecule has 0 aliphatic carbocycles. The van der Waals surface area contributed by atoms with Crippen LogP contribution in [0.4, 0.5) is 0 Å². The first-order valence-electron chi connectivity index (χ1n) is 6.11. The van der Waals surface area contributed by atoms with Crippen LogP contribution in [-0.2, 0) is 10.0 Å². The van der Waals surface area contributed by atoms with E-state index >= 15 is 0 Å². The van der Waals surface area contributed by atoms with Crippen molar-refractivity contribution in [3.05, 3.63) is 54.6 Å². The first kappa shape index (κ1) is 14.3. The molecule has 20 heavy (non-hydrogen) atoms. The van der Waals surface area contributed by atoms with E-state index in [1.807, 2.05) is 36.4 Å². The van der Waals surface area contributed by atoms with Gasteiger partial charge in [0, 0.05) is 5.56 Å². The number of hydrogen-bond acceptors (Lipinski definition) is 3. The maximum atomic E-state index is 12.3. The van der Waals surface area contributed by atoms with E-state index in [2.05, 4.69) is 4.72 Å². The van der Waals surface area contributed by atoms with Crippen LogP contribution in [0.5, 0.6) is 0 Å². The Morgan fingerprint density at radius 3 is 2.30 bits per heavy atom. The average Bonchev–Trinajstić information content (AvgIpc) is 2.47. The highest BCUT2D eigenvalue weighted by Gasteiger charge is 2.20. The number of hydrogen-bond donors (Lipinski definition) is 1. The normalized spacial score (nSPS) is 12.6. The van der Waals surface area contributed by atoms with Gasteiger partial charge in [-0.25, -0.2) is 8.42 Å². The molecule has 0 heterocycles. The van der Waals surface area contributed by atoms with Crippen molar-refractivity contribution in [2.45, 2.75) is 17.9 Å². The molecule has 0 bridgehead atoms. The molecule has 2 aromatic rings. The molecule has 2 rings (SSSR count). The summed E-state index contributed by atoms with van der Waals surface area (Å²) >= 11 is 0. The molecule has 0 spiro atoms. The smallest absolute Gasteiger partial charge is 0.207 e. The molecule has 0 radical (unpaired) electrons. The molecule has 0 aliphatic rings. The molecule has 0 saturated heterocycles. The third kappa shape index (κ3) is 3.05. The summed E-state index contributed by atoms with van der Waals surface area (Å²) < 4.78 is 27.0. The zero-order valence-corrected chi connectivity index (χ0v) is 11.8. The van der Waals surface area contributed by atoms with E-state index in [1.165, 1.54) is 13.0 Å². The Balaban J connectivity index is 2.52. The molecule has 0 amide bonds. The van der Waals surface area contributed by atoms with Crippen LogP contribution in [0.3, 0.4) is 0 Å². The van der Waals surface area contributed by atoms with Gasteiger partial charge < -0.3 is 0 Å². The monoisotopic (exact) mass is 286 g/mol. The molecule has 2 aromatic carbocycles. The number of nitriles is 1. The summed E-state index contributed by atoms with van der Waals surface area (Å²) in [6.07, 6.45) is 0. The number of nitrogens with zero attached hydrogens (tertiary/aromatic N) is 1. The zero-order chi connectivity index (χ0) is 14.6. The fraction of sp³-hybridized carbons (Fsp3) is 0.133. The van der Waals surface area contributed by atoms with E-state index in [4.69, 9.17) is 5.26 Å². The van der Waals surface area contributed by atoms with Crippen molar-refractivity contribution in [3.8, 4) is 17.2 Å². The highest BCUT2D eigenvalue weighted by molar-refractivity contribution is 7.89. The molecular formula is C15H14N2O2S. The molecule has 1 N–H and O–H groups in total. The van der Waals surface area contributed by atoms with Gasteiger partial charge >= 0.3 is 0 Å². The van der Waals surface area contributed by atoms with Gasteiger partial charge in [-0.2, -0.15) is 9.98 Å². The molecule has 0 fully saturated rings. The largest absolute Gasteiger partial charge is 0.242 e. The van der Waals surface area contributed by atoms with E-state index in [0.29, 0.717) is 5.56 Å². The minimum absolute atomic E-state index is 0.174. The Labute approximate surface area is 118 Å². The third-order valence-electron chi connectivity index (χ3n) is 2.79. The van der Waals surface area contributed by atoms with Crippen LogP contribution < -0.4 is 4.72 Å². The predicted octanol–water partition coefficient (Wildman–Crippen LogP) is 2.54. The first-order valence-corrected chi connectivity index (χ1v) is 7.59. The lowest BCUT2D eigenvalue weighted by Gasteiger charge is -2.12. The number of sulfonamides is 1. The van der Waals surface area contributed by atoms with Gasteiger partial charge in [0.1, 0.15) is 6.04 Å². The summed E-state index contributed by atoms with van der Waals surface area (Å²) in [5.41, 5.74) is 1.43. The van der Waals surface area contributed by atoms with Gasteiger partial charge in [0.2, 0.25) is 10.0 Å². The Kier molecular flexibility index (Phi) is 4.18. The number of rotatable bonds is 4. The van der Waals surface area contributed by atoms with Crippen LogP contribution >= 0.6 is 0 Å². The van der Waals surface area contributed by atoms with Crippen LogP contribution in [0.2, 0.25) is 0 Å². The minimum Gasteiger partial charge on any atom is -0.207 e. The third-order valence-corrected chi connectivity index (χ3v) is 4.39. The van der Waals surface area contributed by atoms with Gasteiger partial charge in [0.15, 0.2) is 0 Å². The fourth-order valence-corrected chi connectivity index (χ4v) is 3.26. The molecule has 0 saturated carbocycles. The Hall–Kier alpha value is -2.16. The van der Waals surface area contributed by atoms with Crippen LogP contribution in [0, 0.1) is 11.3 Å². The lowest BCUT2D eigenvalue weighted by Crippen LogP contribution is -2.31. The molecule has 5 heteroatoms. The first-order chi connectivity index (χ1) is 9.54. The molecule has 1 unspecified atom stereocenters. The van der Waals surface area contributed by atoms with Crippen LogP contribution in [0.25, 0.3) is 11.1 Å². The summed E-state index contributed by atoms with van der Waals surface area (Å²) in [7, 11) is -3.72. The van der Waals surface area contributed by atoms with Crippen molar-refractivity contribution < 1.29 is 8.42 Å². The van der Waals surface area contributed by atoms with Gasteiger partial charge in [-0.3, -0.25) is 0 Å². The fourth-order valence-electron chi connectivity index (χ4n) is 1.88. The van der Waals surface area contributed by atoms with E-state index < -0.39 is 16.1 Å². The Morgan fingerprint density at radius 1 is 1.05 bits per heavy atom.